The fourth-order valence-electron chi connectivity index (χ4n) is 3.88. The number of benzene rings is 2. The van der Waals surface area contributed by atoms with Gasteiger partial charge in [0.1, 0.15) is 12.3 Å². The number of para-hydroxylation sites is 3. The quantitative estimate of drug-likeness (QED) is 0.502. The van der Waals surface area contributed by atoms with E-state index in [2.05, 4.69) is 21.4 Å². The normalized spacial score (nSPS) is 15.6. The summed E-state index contributed by atoms with van der Waals surface area (Å²) in [4.78, 5) is 34.8. The van der Waals surface area contributed by atoms with Crippen molar-refractivity contribution in [2.75, 3.05) is 16.8 Å². The first-order valence-electron chi connectivity index (χ1n) is 9.91. The highest BCUT2D eigenvalue weighted by molar-refractivity contribution is 7.14. The monoisotopic (exact) mass is 432 g/mol. The fourth-order valence-corrected chi connectivity index (χ4v) is 4.59. The summed E-state index contributed by atoms with van der Waals surface area (Å²) in [5.74, 6) is 0.0330. The molecule has 4 aromatic rings. The van der Waals surface area contributed by atoms with Crippen molar-refractivity contribution in [2.45, 2.75) is 20.0 Å². The van der Waals surface area contributed by atoms with E-state index in [0.29, 0.717) is 16.6 Å². The lowest BCUT2D eigenvalue weighted by Crippen LogP contribution is -2.47. The van der Waals surface area contributed by atoms with Crippen LogP contribution in [0.1, 0.15) is 12.6 Å². The van der Waals surface area contributed by atoms with Gasteiger partial charge in [0.05, 0.1) is 11.4 Å². The van der Waals surface area contributed by atoms with Crippen molar-refractivity contribution in [3.05, 3.63) is 59.6 Å². The van der Waals surface area contributed by atoms with Crippen LogP contribution in [0.15, 0.2) is 53.9 Å². The third-order valence-electron chi connectivity index (χ3n) is 5.28. The molecule has 2 N–H and O–H groups in total. The highest BCUT2D eigenvalue weighted by Crippen LogP contribution is 2.35. The number of nitrogens with one attached hydrogen (secondary N) is 2. The number of amides is 2. The fraction of sp³-hybridized carbons (Fsp3) is 0.174. The van der Waals surface area contributed by atoms with Gasteiger partial charge in [0, 0.05) is 27.5 Å². The molecule has 0 saturated heterocycles. The molecule has 0 radical (unpaired) electrons. The largest absolute Gasteiger partial charge is 0.479 e. The lowest BCUT2D eigenvalue weighted by molar-refractivity contribution is -0.127. The average molecular weight is 433 g/mol. The van der Waals surface area contributed by atoms with Crippen LogP contribution < -0.4 is 15.0 Å². The number of H-pyrrole nitrogens is 1. The lowest BCUT2D eigenvalue weighted by Gasteiger charge is -2.32. The standard InChI is InChI=1S/C23H20N4O3S/c1-13-21(15-7-3-4-8-16(15)24-13)17-12-31-23(25-17)26-20(28)11-27-18-9-5-6-10-19(18)30-14(2)22(27)29/h3-10,12,14,24H,11H2,1-2H3,(H,25,26,28). The Hall–Kier alpha value is -3.65. The van der Waals surface area contributed by atoms with E-state index in [-0.39, 0.29) is 18.4 Å². The maximum absolute atomic E-state index is 12.7. The Morgan fingerprint density at radius 2 is 2.00 bits per heavy atom. The van der Waals surface area contributed by atoms with Crippen LogP contribution in [0.25, 0.3) is 22.2 Å². The molecule has 1 unspecified atom stereocenters. The number of anilines is 2. The number of carbonyl (C=O) groups is 2. The molecule has 156 valence electrons. The molecule has 5 rings (SSSR count). The molecule has 0 bridgehead atoms. The van der Waals surface area contributed by atoms with Crippen LogP contribution in [-0.4, -0.2) is 34.4 Å². The van der Waals surface area contributed by atoms with Crippen molar-refractivity contribution < 1.29 is 14.3 Å². The Bertz CT molecular complexity index is 1310. The zero-order valence-corrected chi connectivity index (χ0v) is 17.8. The number of nitrogens with zero attached hydrogens (tertiary/aromatic N) is 2. The summed E-state index contributed by atoms with van der Waals surface area (Å²) in [6, 6.07) is 15.3. The molecule has 0 aliphatic carbocycles. The first-order chi connectivity index (χ1) is 15.0. The maximum Gasteiger partial charge on any atom is 0.268 e. The summed E-state index contributed by atoms with van der Waals surface area (Å²) in [5.41, 5.74) is 4.49. The van der Waals surface area contributed by atoms with Gasteiger partial charge in [0.15, 0.2) is 11.2 Å². The van der Waals surface area contributed by atoms with Gasteiger partial charge in [0.2, 0.25) is 5.91 Å². The predicted octanol–water partition coefficient (Wildman–Crippen LogP) is 4.35. The van der Waals surface area contributed by atoms with Gasteiger partial charge in [-0.05, 0) is 32.0 Å². The van der Waals surface area contributed by atoms with Gasteiger partial charge in [-0.3, -0.25) is 14.5 Å². The van der Waals surface area contributed by atoms with E-state index in [1.54, 1.807) is 19.1 Å². The van der Waals surface area contributed by atoms with Crippen LogP contribution in [0.4, 0.5) is 10.8 Å². The van der Waals surface area contributed by atoms with Crippen LogP contribution in [0.3, 0.4) is 0 Å². The Balaban J connectivity index is 1.36. The minimum absolute atomic E-state index is 0.107. The number of thiazole rings is 1. The minimum atomic E-state index is -0.640. The molecule has 31 heavy (non-hydrogen) atoms. The lowest BCUT2D eigenvalue weighted by atomic mass is 10.1. The molecule has 0 saturated carbocycles. The number of hydrogen-bond acceptors (Lipinski definition) is 5. The molecule has 7 nitrogen and oxygen atoms in total. The molecule has 8 heteroatoms. The summed E-state index contributed by atoms with van der Waals surface area (Å²) >= 11 is 1.36. The number of aryl methyl sites for hydroxylation is 1. The van der Waals surface area contributed by atoms with Crippen LogP contribution in [0.5, 0.6) is 5.75 Å². The number of ether oxygens (including phenoxy) is 1. The second-order valence-corrected chi connectivity index (χ2v) is 8.27. The number of carbonyl (C=O) groups excluding carboxylic acids is 2. The second-order valence-electron chi connectivity index (χ2n) is 7.41. The molecule has 2 amide bonds. The Kier molecular flexibility index (Phi) is 4.71. The molecular weight excluding hydrogens is 412 g/mol. The summed E-state index contributed by atoms with van der Waals surface area (Å²) in [5, 5.41) is 6.34. The Morgan fingerprint density at radius 3 is 2.87 bits per heavy atom. The van der Waals surface area contributed by atoms with E-state index < -0.39 is 6.10 Å². The third kappa shape index (κ3) is 3.44. The van der Waals surface area contributed by atoms with E-state index in [1.165, 1.54) is 16.2 Å². The molecule has 1 aliphatic rings. The van der Waals surface area contributed by atoms with Crippen molar-refractivity contribution in [3.8, 4) is 17.0 Å². The van der Waals surface area contributed by atoms with Gasteiger partial charge in [-0.1, -0.05) is 30.3 Å². The molecule has 2 aromatic heterocycles. The molecule has 3 heterocycles. The first-order valence-corrected chi connectivity index (χ1v) is 10.8. The number of aromatic nitrogens is 2. The SMILES string of the molecule is Cc1[nH]c2ccccc2c1-c1csc(NC(=O)CN2C(=O)C(C)Oc3ccccc32)n1. The van der Waals surface area contributed by atoms with E-state index >= 15 is 0 Å². The maximum atomic E-state index is 12.7. The third-order valence-corrected chi connectivity index (χ3v) is 6.03. The zero-order chi connectivity index (χ0) is 21.5. The molecule has 1 aliphatic heterocycles. The number of rotatable bonds is 4. The van der Waals surface area contributed by atoms with Crippen LogP contribution in [0.2, 0.25) is 0 Å². The first kappa shape index (κ1) is 19.3. The summed E-state index contributed by atoms with van der Waals surface area (Å²) in [6.45, 7) is 3.58. The van der Waals surface area contributed by atoms with Gasteiger partial charge in [-0.15, -0.1) is 11.3 Å². The molecule has 2 aromatic carbocycles. The average Bonchev–Trinajstić information content (AvgIpc) is 3.34. The minimum Gasteiger partial charge on any atom is -0.479 e. The molecular formula is C23H20N4O3S. The van der Waals surface area contributed by atoms with E-state index in [4.69, 9.17) is 4.74 Å². The van der Waals surface area contributed by atoms with Crippen molar-refractivity contribution >= 4 is 44.9 Å². The van der Waals surface area contributed by atoms with Crippen LogP contribution >= 0.6 is 11.3 Å². The van der Waals surface area contributed by atoms with Crippen LogP contribution in [0, 0.1) is 6.92 Å². The van der Waals surface area contributed by atoms with Crippen LogP contribution in [-0.2, 0) is 9.59 Å². The molecule has 0 fully saturated rings. The van der Waals surface area contributed by atoms with Crippen molar-refractivity contribution in [2.24, 2.45) is 0 Å². The van der Waals surface area contributed by atoms with Crippen molar-refractivity contribution in [1.29, 1.82) is 0 Å². The Labute approximate surface area is 182 Å². The van der Waals surface area contributed by atoms with Crippen molar-refractivity contribution in [1.82, 2.24) is 9.97 Å². The van der Waals surface area contributed by atoms with E-state index in [1.807, 2.05) is 42.6 Å². The van der Waals surface area contributed by atoms with E-state index in [9.17, 15) is 9.59 Å². The van der Waals surface area contributed by atoms with E-state index in [0.717, 1.165) is 27.9 Å². The zero-order valence-electron chi connectivity index (χ0n) is 17.0. The highest BCUT2D eigenvalue weighted by atomic mass is 32.1. The van der Waals surface area contributed by atoms with Gasteiger partial charge < -0.3 is 15.0 Å². The van der Waals surface area contributed by atoms with Gasteiger partial charge in [-0.2, -0.15) is 0 Å². The second kappa shape index (κ2) is 7.55. The number of aromatic amines is 1. The van der Waals surface area contributed by atoms with Crippen molar-refractivity contribution in [3.63, 3.8) is 0 Å². The Morgan fingerprint density at radius 1 is 1.23 bits per heavy atom. The predicted molar refractivity (Wildman–Crippen MR) is 122 cm³/mol. The number of fused-ring (bicyclic) bond motifs is 2. The summed E-state index contributed by atoms with van der Waals surface area (Å²) in [7, 11) is 0. The molecule has 1 atom stereocenters. The molecule has 0 spiro atoms. The van der Waals surface area contributed by atoms with Gasteiger partial charge in [0.25, 0.3) is 5.91 Å². The smallest absolute Gasteiger partial charge is 0.268 e. The summed E-state index contributed by atoms with van der Waals surface area (Å²) in [6.07, 6.45) is -0.640. The highest BCUT2D eigenvalue weighted by Gasteiger charge is 2.32. The van der Waals surface area contributed by atoms with Gasteiger partial charge >= 0.3 is 0 Å². The topological polar surface area (TPSA) is 87.3 Å². The number of hydrogen-bond donors (Lipinski definition) is 2. The van der Waals surface area contributed by atoms with Gasteiger partial charge in [-0.25, -0.2) is 4.98 Å². The summed E-state index contributed by atoms with van der Waals surface area (Å²) < 4.78 is 5.63.